The Hall–Kier alpha value is -1.39. The lowest BCUT2D eigenvalue weighted by atomic mass is 10.3. The molecule has 11 heavy (non-hydrogen) atoms. The molecule has 0 spiro atoms. The summed E-state index contributed by atoms with van der Waals surface area (Å²) >= 11 is 0. The van der Waals surface area contributed by atoms with E-state index in [1.54, 1.807) is 0 Å². The van der Waals surface area contributed by atoms with E-state index < -0.39 is 5.91 Å². The molecule has 1 heterocycles. The fourth-order valence-electron chi connectivity index (χ4n) is 0.754. The van der Waals surface area contributed by atoms with Crippen molar-refractivity contribution in [3.63, 3.8) is 0 Å². The third kappa shape index (κ3) is 1.76. The van der Waals surface area contributed by atoms with Crippen molar-refractivity contribution in [1.29, 1.82) is 0 Å². The molecule has 0 unspecified atom stereocenters. The van der Waals surface area contributed by atoms with Gasteiger partial charge in [0.05, 0.1) is 0 Å². The molecular weight excluding hydrogens is 144 g/mol. The van der Waals surface area contributed by atoms with Crippen LogP contribution in [0, 0.1) is 0 Å². The first kappa shape index (κ1) is 7.71. The number of nitrogens with zero attached hydrogens (tertiary/aromatic N) is 2. The molecule has 0 saturated carbocycles. The Bertz CT molecular complexity index is 255. The molecule has 0 radical (unpaired) electrons. The summed E-state index contributed by atoms with van der Waals surface area (Å²) in [4.78, 5) is 14.4. The Morgan fingerprint density at radius 3 is 2.91 bits per heavy atom. The zero-order chi connectivity index (χ0) is 8.27. The number of hydrogen-bond donors (Lipinski definition) is 2. The number of nitrogens with two attached hydrogens (primary N) is 1. The molecule has 3 N–H and O–H groups in total. The van der Waals surface area contributed by atoms with Gasteiger partial charge in [-0.15, -0.1) is 5.10 Å². The maximum atomic E-state index is 10.5. The van der Waals surface area contributed by atoms with Gasteiger partial charge < -0.3 is 5.73 Å². The Labute approximate surface area is 64.0 Å². The van der Waals surface area contributed by atoms with Gasteiger partial charge in [-0.3, -0.25) is 9.89 Å². The molecule has 0 aliphatic carbocycles. The molecule has 0 aliphatic heterocycles. The first-order valence-corrected chi connectivity index (χ1v) is 3.45. The SMILES string of the molecule is CCCc1nc(C(N)=O)n[nH]1. The van der Waals surface area contributed by atoms with Gasteiger partial charge in [0.15, 0.2) is 0 Å². The standard InChI is InChI=1S/C6H10N4O/c1-2-3-4-8-6(5(7)11)10-9-4/h2-3H2,1H3,(H2,7,11)(H,8,9,10). The van der Waals surface area contributed by atoms with E-state index in [2.05, 4.69) is 15.2 Å². The average Bonchev–Trinajstić information content (AvgIpc) is 2.37. The number of aromatic amines is 1. The molecule has 0 saturated heterocycles. The number of H-pyrrole nitrogens is 1. The van der Waals surface area contributed by atoms with Gasteiger partial charge >= 0.3 is 0 Å². The summed E-state index contributed by atoms with van der Waals surface area (Å²) in [5.41, 5.74) is 4.94. The second kappa shape index (κ2) is 3.14. The van der Waals surface area contributed by atoms with Crippen LogP contribution >= 0.6 is 0 Å². The molecule has 60 valence electrons. The van der Waals surface area contributed by atoms with Crippen LogP contribution in [0.15, 0.2) is 0 Å². The van der Waals surface area contributed by atoms with Crippen LogP contribution in [0.5, 0.6) is 0 Å². The highest BCUT2D eigenvalue weighted by molar-refractivity contribution is 5.88. The summed E-state index contributed by atoms with van der Waals surface area (Å²) in [5.74, 6) is 0.179. The van der Waals surface area contributed by atoms with Crippen LogP contribution in [0.2, 0.25) is 0 Å². The minimum absolute atomic E-state index is 0.0634. The minimum Gasteiger partial charge on any atom is -0.363 e. The fourth-order valence-corrected chi connectivity index (χ4v) is 0.754. The van der Waals surface area contributed by atoms with Gasteiger partial charge in [-0.25, -0.2) is 4.98 Å². The summed E-state index contributed by atoms with van der Waals surface area (Å²) in [6.45, 7) is 2.02. The van der Waals surface area contributed by atoms with Gasteiger partial charge in [0.2, 0.25) is 5.82 Å². The van der Waals surface area contributed by atoms with Crippen molar-refractivity contribution in [3.05, 3.63) is 11.6 Å². The fraction of sp³-hybridized carbons (Fsp3) is 0.500. The number of nitrogens with one attached hydrogen (secondary N) is 1. The second-order valence-electron chi connectivity index (χ2n) is 2.22. The van der Waals surface area contributed by atoms with Crippen LogP contribution in [0.25, 0.3) is 0 Å². The number of rotatable bonds is 3. The van der Waals surface area contributed by atoms with Crippen molar-refractivity contribution in [2.75, 3.05) is 0 Å². The number of primary amides is 1. The van der Waals surface area contributed by atoms with Crippen LogP contribution in [0.4, 0.5) is 0 Å². The Kier molecular flexibility index (Phi) is 2.20. The summed E-state index contributed by atoms with van der Waals surface area (Å²) in [7, 11) is 0. The van der Waals surface area contributed by atoms with E-state index in [-0.39, 0.29) is 5.82 Å². The van der Waals surface area contributed by atoms with Crippen molar-refractivity contribution in [1.82, 2.24) is 15.2 Å². The van der Waals surface area contributed by atoms with Gasteiger partial charge in [-0.05, 0) is 6.42 Å². The van der Waals surface area contributed by atoms with E-state index in [0.29, 0.717) is 5.82 Å². The minimum atomic E-state index is -0.594. The van der Waals surface area contributed by atoms with Crippen molar-refractivity contribution in [2.24, 2.45) is 5.73 Å². The molecule has 1 aromatic rings. The summed E-state index contributed by atoms with van der Waals surface area (Å²) in [6.07, 6.45) is 1.76. The number of hydrogen-bond acceptors (Lipinski definition) is 3. The van der Waals surface area contributed by atoms with Crippen molar-refractivity contribution in [2.45, 2.75) is 19.8 Å². The van der Waals surface area contributed by atoms with E-state index in [1.165, 1.54) is 0 Å². The molecule has 0 aliphatic rings. The van der Waals surface area contributed by atoms with Gasteiger partial charge in [-0.1, -0.05) is 6.92 Å². The molecule has 1 amide bonds. The summed E-state index contributed by atoms with van der Waals surface area (Å²) in [5, 5.41) is 6.25. The average molecular weight is 154 g/mol. The Balaban J connectivity index is 2.73. The molecule has 0 fully saturated rings. The normalized spacial score (nSPS) is 9.91. The lowest BCUT2D eigenvalue weighted by Crippen LogP contribution is -2.12. The van der Waals surface area contributed by atoms with Crippen molar-refractivity contribution >= 4 is 5.91 Å². The molecule has 0 aromatic carbocycles. The largest absolute Gasteiger partial charge is 0.363 e. The zero-order valence-corrected chi connectivity index (χ0v) is 6.29. The predicted molar refractivity (Wildman–Crippen MR) is 38.9 cm³/mol. The van der Waals surface area contributed by atoms with Crippen LogP contribution < -0.4 is 5.73 Å². The van der Waals surface area contributed by atoms with Gasteiger partial charge in [0, 0.05) is 6.42 Å². The molecule has 5 heteroatoms. The van der Waals surface area contributed by atoms with Crippen molar-refractivity contribution in [3.8, 4) is 0 Å². The molecule has 0 bridgehead atoms. The lowest BCUT2D eigenvalue weighted by Gasteiger charge is -1.85. The topological polar surface area (TPSA) is 84.7 Å². The number of carbonyl (C=O) groups is 1. The van der Waals surface area contributed by atoms with Gasteiger partial charge in [-0.2, -0.15) is 0 Å². The highest BCUT2D eigenvalue weighted by Crippen LogP contribution is 1.94. The second-order valence-corrected chi connectivity index (χ2v) is 2.22. The van der Waals surface area contributed by atoms with Gasteiger partial charge in [0.1, 0.15) is 5.82 Å². The highest BCUT2D eigenvalue weighted by Gasteiger charge is 2.06. The van der Waals surface area contributed by atoms with Crippen LogP contribution in [-0.4, -0.2) is 21.1 Å². The first-order chi connectivity index (χ1) is 5.24. The third-order valence-corrected chi connectivity index (χ3v) is 1.24. The van der Waals surface area contributed by atoms with Crippen LogP contribution in [0.3, 0.4) is 0 Å². The monoisotopic (exact) mass is 154 g/mol. The maximum Gasteiger partial charge on any atom is 0.288 e. The number of aromatic nitrogens is 3. The van der Waals surface area contributed by atoms with E-state index >= 15 is 0 Å². The Morgan fingerprint density at radius 1 is 1.73 bits per heavy atom. The smallest absolute Gasteiger partial charge is 0.288 e. The molecule has 1 rings (SSSR count). The number of amides is 1. The van der Waals surface area contributed by atoms with Crippen LogP contribution in [-0.2, 0) is 6.42 Å². The number of aryl methyl sites for hydroxylation is 1. The molecular formula is C6H10N4O. The Morgan fingerprint density at radius 2 is 2.45 bits per heavy atom. The molecule has 5 nitrogen and oxygen atoms in total. The van der Waals surface area contributed by atoms with E-state index in [1.807, 2.05) is 6.92 Å². The molecule has 0 atom stereocenters. The maximum absolute atomic E-state index is 10.5. The summed E-state index contributed by atoms with van der Waals surface area (Å²) < 4.78 is 0. The summed E-state index contributed by atoms with van der Waals surface area (Å²) in [6, 6.07) is 0. The van der Waals surface area contributed by atoms with Crippen molar-refractivity contribution < 1.29 is 4.79 Å². The molecule has 1 aromatic heterocycles. The number of carbonyl (C=O) groups excluding carboxylic acids is 1. The van der Waals surface area contributed by atoms with Crippen LogP contribution in [0.1, 0.15) is 29.8 Å². The third-order valence-electron chi connectivity index (χ3n) is 1.24. The quantitative estimate of drug-likeness (QED) is 0.635. The van der Waals surface area contributed by atoms with E-state index in [4.69, 9.17) is 5.73 Å². The van der Waals surface area contributed by atoms with Gasteiger partial charge in [0.25, 0.3) is 5.91 Å². The van der Waals surface area contributed by atoms with E-state index in [0.717, 1.165) is 12.8 Å². The zero-order valence-electron chi connectivity index (χ0n) is 6.29. The van der Waals surface area contributed by atoms with E-state index in [9.17, 15) is 4.79 Å². The first-order valence-electron chi connectivity index (χ1n) is 3.45. The lowest BCUT2D eigenvalue weighted by molar-refractivity contribution is 0.0991. The predicted octanol–water partition coefficient (Wildman–Crippen LogP) is -0.144. The highest BCUT2D eigenvalue weighted by atomic mass is 16.1.